The van der Waals surface area contributed by atoms with Crippen molar-refractivity contribution < 1.29 is 22.2 Å². The number of aliphatic imine (C=N–C) groups is 1. The molecule has 8 nitrogen and oxygen atoms in total. The first-order chi connectivity index (χ1) is 15.1. The molecule has 3 aromatic rings. The number of carbonyl (C=O) groups excluding carboxylic acids is 2. The third-order valence-corrected chi connectivity index (χ3v) is 6.62. The van der Waals surface area contributed by atoms with Crippen LogP contribution in [-0.4, -0.2) is 44.8 Å². The van der Waals surface area contributed by atoms with E-state index in [4.69, 9.17) is 9.92 Å². The van der Waals surface area contributed by atoms with E-state index in [0.29, 0.717) is 16.0 Å². The summed E-state index contributed by atoms with van der Waals surface area (Å²) in [5.74, 6) is -0.157. The van der Waals surface area contributed by atoms with Gasteiger partial charge in [-0.05, 0) is 47.0 Å². The fraction of sp³-hybridized carbons (Fsp3) is 0.136. The van der Waals surface area contributed by atoms with E-state index >= 15 is 0 Å². The number of hydrogen-bond acceptors (Lipinski definition) is 8. The highest BCUT2D eigenvalue weighted by molar-refractivity contribution is 7.86. The molecule has 0 spiro atoms. The highest BCUT2D eigenvalue weighted by Gasteiger charge is 2.49. The summed E-state index contributed by atoms with van der Waals surface area (Å²) < 4.78 is 27.7. The van der Waals surface area contributed by atoms with Crippen LogP contribution in [0.15, 0.2) is 65.7 Å². The van der Waals surface area contributed by atoms with Crippen molar-refractivity contribution in [2.24, 2.45) is 10.7 Å². The topological polar surface area (TPSA) is 119 Å². The number of rotatable bonds is 6. The molecule has 2 aromatic carbocycles. The third kappa shape index (κ3) is 3.78. The van der Waals surface area contributed by atoms with Crippen molar-refractivity contribution in [1.29, 1.82) is 0 Å². The summed E-state index contributed by atoms with van der Waals surface area (Å²) in [4.78, 5) is 31.8. The second-order valence-corrected chi connectivity index (χ2v) is 9.95. The second-order valence-electron chi connectivity index (χ2n) is 7.26. The lowest BCUT2D eigenvalue weighted by atomic mass is 9.82. The zero-order valence-corrected chi connectivity index (χ0v) is 18.8. The number of amides is 1. The van der Waals surface area contributed by atoms with Crippen LogP contribution in [0.5, 0.6) is 5.75 Å². The Hall–Kier alpha value is -3.50. The van der Waals surface area contributed by atoms with E-state index in [1.54, 1.807) is 31.3 Å². The number of nitrogens with two attached hydrogens (primary N) is 1. The van der Waals surface area contributed by atoms with E-state index in [2.05, 4.69) is 4.99 Å². The molecule has 0 aliphatic carbocycles. The van der Waals surface area contributed by atoms with Gasteiger partial charge in [0.05, 0.1) is 11.1 Å². The molecular weight excluding hydrogens is 450 g/mol. The number of likely N-dealkylation sites (N-methyl/N-ethyl adjacent to an activating group) is 1. The minimum Gasteiger partial charge on any atom is -0.383 e. The van der Waals surface area contributed by atoms with Gasteiger partial charge in [-0.25, -0.2) is 4.99 Å². The first kappa shape index (κ1) is 21.7. The number of hydrogen-bond donors (Lipinski definition) is 1. The first-order valence-corrected chi connectivity index (χ1v) is 12.1. The molecule has 2 N–H and O–H groups in total. The summed E-state index contributed by atoms with van der Waals surface area (Å²) in [7, 11) is -2.14. The summed E-state index contributed by atoms with van der Waals surface area (Å²) in [6.07, 6.45) is 1.75. The van der Waals surface area contributed by atoms with Crippen LogP contribution >= 0.6 is 11.3 Å². The molecular formula is C22H19N3O5S2. The van der Waals surface area contributed by atoms with Gasteiger partial charge in [0.2, 0.25) is 0 Å². The molecule has 10 heteroatoms. The number of thiophene rings is 1. The second kappa shape index (κ2) is 7.88. The molecule has 0 fully saturated rings. The summed E-state index contributed by atoms with van der Waals surface area (Å²) in [5.41, 5.74) is 6.50. The predicted molar refractivity (Wildman–Crippen MR) is 122 cm³/mol. The third-order valence-electron chi connectivity index (χ3n) is 5.07. The van der Waals surface area contributed by atoms with Crippen LogP contribution in [0.25, 0.3) is 10.4 Å². The maximum absolute atomic E-state index is 13.4. The predicted octanol–water partition coefficient (Wildman–Crippen LogP) is 2.60. The standard InChI is InChI=1S/C22H19N3O5S2/c1-25-20(27)22(24-21(25)23,15-6-8-17(9-7-15)30-32(2,28)29)16-5-3-4-14(12-16)19-11-10-18(13-26)31-19/h3-13H,1-2H3,(H2,23,24). The van der Waals surface area contributed by atoms with E-state index in [9.17, 15) is 18.0 Å². The van der Waals surface area contributed by atoms with Crippen LogP contribution in [0.1, 0.15) is 20.8 Å². The monoisotopic (exact) mass is 469 g/mol. The summed E-state index contributed by atoms with van der Waals surface area (Å²) in [6, 6.07) is 17.0. The minimum atomic E-state index is -3.69. The van der Waals surface area contributed by atoms with Crippen LogP contribution in [0.2, 0.25) is 0 Å². The van der Waals surface area contributed by atoms with E-state index in [-0.39, 0.29) is 17.6 Å². The zero-order chi connectivity index (χ0) is 23.1. The van der Waals surface area contributed by atoms with E-state index in [1.165, 1.54) is 28.4 Å². The molecule has 32 heavy (non-hydrogen) atoms. The Bertz CT molecular complexity index is 1350. The molecule has 1 aliphatic heterocycles. The fourth-order valence-corrected chi connectivity index (χ4v) is 4.86. The quantitative estimate of drug-likeness (QED) is 0.438. The SMILES string of the molecule is CN1C(=O)C(c2ccc(OS(C)(=O)=O)cc2)(c2cccc(-c3ccc(C=O)s3)c2)N=C1N. The van der Waals surface area contributed by atoms with Crippen molar-refractivity contribution in [2.45, 2.75) is 5.54 Å². The Morgan fingerprint density at radius 1 is 1.09 bits per heavy atom. The molecule has 2 heterocycles. The molecule has 164 valence electrons. The van der Waals surface area contributed by atoms with Crippen molar-refractivity contribution in [3.8, 4) is 16.2 Å². The molecule has 1 atom stereocenters. The maximum atomic E-state index is 13.4. The van der Waals surface area contributed by atoms with Crippen molar-refractivity contribution in [3.05, 3.63) is 76.7 Å². The first-order valence-electron chi connectivity index (χ1n) is 9.43. The van der Waals surface area contributed by atoms with Gasteiger partial charge in [0.25, 0.3) is 5.91 Å². The molecule has 0 bridgehead atoms. The van der Waals surface area contributed by atoms with Gasteiger partial charge in [-0.2, -0.15) is 8.42 Å². The van der Waals surface area contributed by atoms with Crippen molar-refractivity contribution in [1.82, 2.24) is 4.90 Å². The Morgan fingerprint density at radius 2 is 1.81 bits per heavy atom. The average Bonchev–Trinajstić information content (AvgIpc) is 3.33. The zero-order valence-electron chi connectivity index (χ0n) is 17.2. The van der Waals surface area contributed by atoms with Crippen molar-refractivity contribution in [2.75, 3.05) is 13.3 Å². The van der Waals surface area contributed by atoms with Gasteiger partial charge < -0.3 is 9.92 Å². The van der Waals surface area contributed by atoms with E-state index in [0.717, 1.165) is 23.0 Å². The van der Waals surface area contributed by atoms with Crippen molar-refractivity contribution in [3.63, 3.8) is 0 Å². The number of carbonyl (C=O) groups is 2. The number of nitrogens with zero attached hydrogens (tertiary/aromatic N) is 2. The minimum absolute atomic E-state index is 0.0660. The van der Waals surface area contributed by atoms with Crippen LogP contribution in [0, 0.1) is 0 Å². The van der Waals surface area contributed by atoms with Gasteiger partial charge in [0.1, 0.15) is 5.75 Å². The molecule has 1 unspecified atom stereocenters. The normalized spacial score (nSPS) is 18.5. The van der Waals surface area contributed by atoms with E-state index < -0.39 is 15.7 Å². The van der Waals surface area contributed by atoms with Crippen LogP contribution in [-0.2, 0) is 20.5 Å². The van der Waals surface area contributed by atoms with Gasteiger partial charge in [-0.1, -0.05) is 30.3 Å². The summed E-state index contributed by atoms with van der Waals surface area (Å²) in [6.45, 7) is 0. The van der Waals surface area contributed by atoms with Crippen LogP contribution in [0.4, 0.5) is 0 Å². The van der Waals surface area contributed by atoms with Crippen molar-refractivity contribution >= 4 is 39.6 Å². The lowest BCUT2D eigenvalue weighted by Crippen LogP contribution is -2.41. The Kier molecular flexibility index (Phi) is 5.35. The van der Waals surface area contributed by atoms with Crippen LogP contribution < -0.4 is 9.92 Å². The lowest BCUT2D eigenvalue weighted by molar-refractivity contribution is -0.129. The molecule has 0 saturated heterocycles. The number of aldehydes is 1. The van der Waals surface area contributed by atoms with Gasteiger partial charge in [0.15, 0.2) is 17.8 Å². The fourth-order valence-electron chi connectivity index (χ4n) is 3.58. The Labute approximate surface area is 189 Å². The number of guanidine groups is 1. The Morgan fingerprint density at radius 3 is 2.38 bits per heavy atom. The van der Waals surface area contributed by atoms with Crippen LogP contribution in [0.3, 0.4) is 0 Å². The van der Waals surface area contributed by atoms with Gasteiger partial charge in [-0.3, -0.25) is 14.5 Å². The molecule has 1 amide bonds. The highest BCUT2D eigenvalue weighted by Crippen LogP contribution is 2.41. The average molecular weight is 470 g/mol. The van der Waals surface area contributed by atoms with Gasteiger partial charge >= 0.3 is 10.1 Å². The lowest BCUT2D eigenvalue weighted by Gasteiger charge is -2.26. The molecule has 4 rings (SSSR count). The molecule has 0 saturated carbocycles. The maximum Gasteiger partial charge on any atom is 0.306 e. The summed E-state index contributed by atoms with van der Waals surface area (Å²) in [5, 5.41) is 0. The van der Waals surface area contributed by atoms with Gasteiger partial charge in [-0.15, -0.1) is 11.3 Å². The van der Waals surface area contributed by atoms with Gasteiger partial charge in [0, 0.05) is 11.9 Å². The Balaban J connectivity index is 1.85. The molecule has 1 aromatic heterocycles. The largest absolute Gasteiger partial charge is 0.383 e. The highest BCUT2D eigenvalue weighted by atomic mass is 32.2. The smallest absolute Gasteiger partial charge is 0.306 e. The molecule has 1 aliphatic rings. The molecule has 0 radical (unpaired) electrons. The summed E-state index contributed by atoms with van der Waals surface area (Å²) >= 11 is 1.34. The number of benzene rings is 2. The van der Waals surface area contributed by atoms with E-state index in [1.807, 2.05) is 24.3 Å².